The number of fused-ring (bicyclic) bond motifs is 1. The van der Waals surface area contributed by atoms with Crippen molar-refractivity contribution in [3.05, 3.63) is 84.1 Å². The quantitative estimate of drug-likeness (QED) is 0.409. The molecule has 1 atom stereocenters. The molecule has 0 aliphatic carbocycles. The van der Waals surface area contributed by atoms with Crippen LogP contribution in [0.4, 0.5) is 11.5 Å². The first-order valence-corrected chi connectivity index (χ1v) is 10.6. The molecule has 0 saturated carbocycles. The molecule has 4 heterocycles. The van der Waals surface area contributed by atoms with Gasteiger partial charge in [0.05, 0.1) is 34.1 Å². The second kappa shape index (κ2) is 8.69. The number of nitrogens with one attached hydrogen (secondary N) is 1. The van der Waals surface area contributed by atoms with E-state index in [1.165, 1.54) is 6.20 Å². The number of pyridine rings is 2. The van der Waals surface area contributed by atoms with Crippen LogP contribution >= 0.6 is 0 Å². The number of aliphatic hydroxyl groups excluding tert-OH is 1. The lowest BCUT2D eigenvalue weighted by atomic mass is 10.0. The molecule has 0 aliphatic heterocycles. The van der Waals surface area contributed by atoms with Gasteiger partial charge in [-0.3, -0.25) is 9.55 Å². The minimum atomic E-state index is -0.736. The number of nitriles is 1. The Hall–Kier alpha value is -4.68. The highest BCUT2D eigenvalue weighted by Gasteiger charge is 2.15. The standard InChI is InChI=1S/C25H20N8O/c1-15-3-7-23(32-31-15)29-19-4-6-22-21(10-19)28-14-33(22)24-8-5-20(16(2)34)25(30-24)18-9-17(11-26)12-27-13-18/h3-10,12-14,16,34H,1-2H3,(H,29,32). The maximum Gasteiger partial charge on any atom is 0.153 e. The minimum Gasteiger partial charge on any atom is -0.389 e. The largest absolute Gasteiger partial charge is 0.389 e. The molecule has 0 aliphatic rings. The van der Waals surface area contributed by atoms with Crippen molar-refractivity contribution in [3.63, 3.8) is 0 Å². The number of hydrogen-bond donors (Lipinski definition) is 2. The minimum absolute atomic E-state index is 0.424. The van der Waals surface area contributed by atoms with Crippen LogP contribution in [0.15, 0.2) is 67.3 Å². The number of rotatable bonds is 5. The molecule has 34 heavy (non-hydrogen) atoms. The van der Waals surface area contributed by atoms with Crippen molar-refractivity contribution in [2.75, 3.05) is 5.32 Å². The molecule has 0 amide bonds. The van der Waals surface area contributed by atoms with Crippen LogP contribution in [0.3, 0.4) is 0 Å². The monoisotopic (exact) mass is 448 g/mol. The molecule has 5 rings (SSSR count). The highest BCUT2D eigenvalue weighted by Crippen LogP contribution is 2.29. The van der Waals surface area contributed by atoms with E-state index in [0.717, 1.165) is 22.4 Å². The van der Waals surface area contributed by atoms with Crippen molar-refractivity contribution in [3.8, 4) is 23.1 Å². The number of benzene rings is 1. The van der Waals surface area contributed by atoms with E-state index < -0.39 is 6.10 Å². The number of aromatic nitrogens is 6. The highest BCUT2D eigenvalue weighted by molar-refractivity contribution is 5.82. The van der Waals surface area contributed by atoms with Gasteiger partial charge in [0.15, 0.2) is 5.82 Å². The summed E-state index contributed by atoms with van der Waals surface area (Å²) in [7, 11) is 0. The summed E-state index contributed by atoms with van der Waals surface area (Å²) in [5.41, 5.74) is 5.64. The van der Waals surface area contributed by atoms with Gasteiger partial charge in [-0.05, 0) is 56.3 Å². The molecule has 0 fully saturated rings. The predicted molar refractivity (Wildman–Crippen MR) is 127 cm³/mol. The second-order valence-corrected chi connectivity index (χ2v) is 7.86. The molecule has 0 saturated heterocycles. The van der Waals surface area contributed by atoms with Crippen LogP contribution in [0, 0.1) is 18.3 Å². The van der Waals surface area contributed by atoms with Gasteiger partial charge in [0.2, 0.25) is 0 Å². The lowest BCUT2D eigenvalue weighted by Crippen LogP contribution is -2.03. The van der Waals surface area contributed by atoms with Gasteiger partial charge in [-0.25, -0.2) is 9.97 Å². The second-order valence-electron chi connectivity index (χ2n) is 7.86. The maximum absolute atomic E-state index is 10.3. The zero-order chi connectivity index (χ0) is 23.7. The lowest BCUT2D eigenvalue weighted by Gasteiger charge is -2.14. The smallest absolute Gasteiger partial charge is 0.153 e. The van der Waals surface area contributed by atoms with E-state index in [9.17, 15) is 10.4 Å². The number of aryl methyl sites for hydroxylation is 1. The van der Waals surface area contributed by atoms with Crippen molar-refractivity contribution in [1.82, 2.24) is 29.7 Å². The lowest BCUT2D eigenvalue weighted by molar-refractivity contribution is 0.199. The van der Waals surface area contributed by atoms with E-state index in [1.807, 2.05) is 54.0 Å². The Morgan fingerprint density at radius 3 is 2.71 bits per heavy atom. The predicted octanol–water partition coefficient (Wildman–Crippen LogP) is 4.25. The van der Waals surface area contributed by atoms with Gasteiger partial charge in [0.25, 0.3) is 0 Å². The van der Waals surface area contributed by atoms with Crippen LogP contribution in [0.2, 0.25) is 0 Å². The summed E-state index contributed by atoms with van der Waals surface area (Å²) in [6.45, 7) is 3.57. The van der Waals surface area contributed by atoms with E-state index in [0.29, 0.717) is 34.0 Å². The first-order chi connectivity index (χ1) is 16.5. The summed E-state index contributed by atoms with van der Waals surface area (Å²) in [4.78, 5) is 13.5. The molecule has 0 radical (unpaired) electrons. The molecule has 4 aromatic heterocycles. The molecule has 1 aromatic carbocycles. The molecule has 0 bridgehead atoms. The van der Waals surface area contributed by atoms with Crippen molar-refractivity contribution in [2.24, 2.45) is 0 Å². The van der Waals surface area contributed by atoms with Gasteiger partial charge >= 0.3 is 0 Å². The Kier molecular flexibility index (Phi) is 5.41. The van der Waals surface area contributed by atoms with Gasteiger partial charge in [-0.2, -0.15) is 10.4 Å². The number of anilines is 2. The Morgan fingerprint density at radius 1 is 1.06 bits per heavy atom. The Bertz CT molecular complexity index is 1530. The van der Waals surface area contributed by atoms with Crippen molar-refractivity contribution in [2.45, 2.75) is 20.0 Å². The molecule has 1 unspecified atom stereocenters. The van der Waals surface area contributed by atoms with E-state index in [1.54, 1.807) is 25.5 Å². The van der Waals surface area contributed by atoms with E-state index in [4.69, 9.17) is 4.98 Å². The normalized spacial score (nSPS) is 11.8. The average molecular weight is 448 g/mol. The highest BCUT2D eigenvalue weighted by atomic mass is 16.3. The SMILES string of the molecule is Cc1ccc(Nc2ccc3c(c2)ncn3-c2ccc(C(C)O)c(-c3cncc(C#N)c3)n2)nn1. The Labute approximate surface area is 195 Å². The van der Waals surface area contributed by atoms with E-state index >= 15 is 0 Å². The zero-order valence-corrected chi connectivity index (χ0v) is 18.5. The van der Waals surface area contributed by atoms with E-state index in [2.05, 4.69) is 31.6 Å². The third-order valence-corrected chi connectivity index (χ3v) is 5.37. The van der Waals surface area contributed by atoms with Crippen LogP contribution < -0.4 is 5.32 Å². The molecule has 0 spiro atoms. The van der Waals surface area contributed by atoms with Crippen LogP contribution in [0.25, 0.3) is 28.1 Å². The number of aliphatic hydroxyl groups is 1. The zero-order valence-electron chi connectivity index (χ0n) is 18.5. The molecule has 9 heteroatoms. The third kappa shape index (κ3) is 4.05. The van der Waals surface area contributed by atoms with Gasteiger partial charge in [0.1, 0.15) is 18.2 Å². The molecule has 2 N–H and O–H groups in total. The number of imidazole rings is 1. The summed E-state index contributed by atoms with van der Waals surface area (Å²) in [5.74, 6) is 1.28. The fourth-order valence-electron chi connectivity index (χ4n) is 3.68. The molecular formula is C25H20N8O. The van der Waals surface area contributed by atoms with Gasteiger partial charge < -0.3 is 10.4 Å². The fourth-order valence-corrected chi connectivity index (χ4v) is 3.68. The Morgan fingerprint density at radius 2 is 1.94 bits per heavy atom. The average Bonchev–Trinajstić information content (AvgIpc) is 3.28. The summed E-state index contributed by atoms with van der Waals surface area (Å²) < 4.78 is 1.88. The fraction of sp³-hybridized carbons (Fsp3) is 0.120. The van der Waals surface area contributed by atoms with Crippen molar-refractivity contribution >= 4 is 22.5 Å². The van der Waals surface area contributed by atoms with Gasteiger partial charge in [0, 0.05) is 29.2 Å². The topological polar surface area (TPSA) is 125 Å². The Balaban J connectivity index is 1.54. The van der Waals surface area contributed by atoms with Crippen molar-refractivity contribution in [1.29, 1.82) is 5.26 Å². The van der Waals surface area contributed by atoms with Crippen LogP contribution in [0.1, 0.15) is 29.8 Å². The molecule has 5 aromatic rings. The van der Waals surface area contributed by atoms with Crippen LogP contribution in [-0.4, -0.2) is 34.8 Å². The number of nitrogens with zero attached hydrogens (tertiary/aromatic N) is 7. The molecule has 166 valence electrons. The molecular weight excluding hydrogens is 428 g/mol. The number of hydrogen-bond acceptors (Lipinski definition) is 8. The van der Waals surface area contributed by atoms with Crippen LogP contribution in [0.5, 0.6) is 0 Å². The first-order valence-electron chi connectivity index (χ1n) is 10.6. The van der Waals surface area contributed by atoms with E-state index in [-0.39, 0.29) is 0 Å². The third-order valence-electron chi connectivity index (χ3n) is 5.37. The summed E-state index contributed by atoms with van der Waals surface area (Å²) in [6, 6.07) is 17.1. The maximum atomic E-state index is 10.3. The first kappa shape index (κ1) is 21.2. The molecule has 9 nitrogen and oxygen atoms in total. The summed E-state index contributed by atoms with van der Waals surface area (Å²) in [5, 5.41) is 31.0. The van der Waals surface area contributed by atoms with Crippen LogP contribution in [-0.2, 0) is 0 Å². The van der Waals surface area contributed by atoms with Gasteiger partial charge in [-0.15, -0.1) is 5.10 Å². The summed E-state index contributed by atoms with van der Waals surface area (Å²) >= 11 is 0. The van der Waals surface area contributed by atoms with Crippen molar-refractivity contribution < 1.29 is 5.11 Å². The summed E-state index contributed by atoms with van der Waals surface area (Å²) in [6.07, 6.45) is 4.10. The van der Waals surface area contributed by atoms with Gasteiger partial charge in [-0.1, -0.05) is 6.07 Å².